The van der Waals surface area contributed by atoms with Crippen LogP contribution in [0.4, 0.5) is 0 Å². The second-order valence-electron chi connectivity index (χ2n) is 6.27. The van der Waals surface area contributed by atoms with E-state index in [1.165, 1.54) is 12.1 Å². The molecule has 1 aromatic rings. The summed E-state index contributed by atoms with van der Waals surface area (Å²) >= 11 is 0.924. The molecule has 14 nitrogen and oxygen atoms in total. The molecule has 0 aromatic heterocycles. The van der Waals surface area contributed by atoms with Crippen molar-refractivity contribution >= 4 is 53.5 Å². The molecule has 0 saturated carbocycles. The highest BCUT2D eigenvalue weighted by molar-refractivity contribution is 8.02. The fourth-order valence-electron chi connectivity index (χ4n) is 2.35. The lowest BCUT2D eigenvalue weighted by molar-refractivity contribution is 0.138. The molecular formula is C12H18BO14P3S2. The summed E-state index contributed by atoms with van der Waals surface area (Å²) in [4.78, 5) is 35.7. The van der Waals surface area contributed by atoms with Gasteiger partial charge in [0, 0.05) is 0 Å². The number of rotatable bonds is 11. The molecule has 1 aliphatic heterocycles. The first-order chi connectivity index (χ1) is 14.5. The number of thioether (sulfide) groups is 1. The van der Waals surface area contributed by atoms with E-state index in [0.717, 1.165) is 17.3 Å². The van der Waals surface area contributed by atoms with E-state index in [4.69, 9.17) is 30.9 Å². The van der Waals surface area contributed by atoms with Crippen LogP contribution in [-0.4, -0.2) is 58.9 Å². The fourth-order valence-corrected chi connectivity index (χ4v) is 7.70. The van der Waals surface area contributed by atoms with E-state index in [2.05, 4.69) is 13.1 Å². The summed E-state index contributed by atoms with van der Waals surface area (Å²) in [6.07, 6.45) is -1.19. The molecule has 5 unspecified atom stereocenters. The van der Waals surface area contributed by atoms with Crippen molar-refractivity contribution in [2.24, 2.45) is 0 Å². The summed E-state index contributed by atoms with van der Waals surface area (Å²) in [5.74, 6) is -0.0182. The summed E-state index contributed by atoms with van der Waals surface area (Å²) in [5.41, 5.74) is 0.861. The van der Waals surface area contributed by atoms with Crippen molar-refractivity contribution in [2.45, 2.75) is 29.8 Å². The summed E-state index contributed by atoms with van der Waals surface area (Å²) in [6, 6.07) is 6.02. The first-order valence-electron chi connectivity index (χ1n) is 8.34. The van der Waals surface area contributed by atoms with Gasteiger partial charge in [-0.2, -0.15) is 28.8 Å². The van der Waals surface area contributed by atoms with Gasteiger partial charge in [0.05, 0.1) is 25.8 Å². The Bertz CT molecular complexity index is 1040. The van der Waals surface area contributed by atoms with Crippen molar-refractivity contribution in [3.05, 3.63) is 29.8 Å². The van der Waals surface area contributed by atoms with E-state index in [-0.39, 0.29) is 12.2 Å². The Morgan fingerprint density at radius 1 is 1.06 bits per heavy atom. The average molecular weight is 554 g/mol. The van der Waals surface area contributed by atoms with Gasteiger partial charge >= 0.3 is 33.9 Å². The molecule has 1 saturated heterocycles. The number of benzene rings is 1. The first-order valence-corrected chi connectivity index (χ1v) is 15.1. The van der Waals surface area contributed by atoms with Gasteiger partial charge < -0.3 is 23.8 Å². The maximum Gasteiger partial charge on any atom is 0.490 e. The van der Waals surface area contributed by atoms with Crippen LogP contribution < -0.4 is 4.18 Å². The molecule has 0 bridgehead atoms. The van der Waals surface area contributed by atoms with E-state index in [0.29, 0.717) is 0 Å². The molecule has 0 spiro atoms. The molecule has 180 valence electrons. The SMILES string of the molecule is [B]C1CC(OS(=O)(=O)Oc2ccc(C)cc2)C(COP(=O)(O)OP(=O)(O)OP(=O)(O)O)S1. The fraction of sp³-hybridized carbons (Fsp3) is 0.500. The minimum Gasteiger partial charge on any atom is -0.362 e. The third-order valence-corrected chi connectivity index (χ3v) is 9.52. The van der Waals surface area contributed by atoms with Crippen LogP contribution >= 0.6 is 35.2 Å². The normalized spacial score (nSPS) is 25.7. The highest BCUT2D eigenvalue weighted by atomic mass is 32.3. The summed E-state index contributed by atoms with van der Waals surface area (Å²) < 4.78 is 79.7. The van der Waals surface area contributed by atoms with E-state index in [1.807, 2.05) is 0 Å². The molecule has 0 amide bonds. The zero-order valence-electron chi connectivity index (χ0n) is 16.1. The number of hydrogen-bond donors (Lipinski definition) is 4. The van der Waals surface area contributed by atoms with Crippen molar-refractivity contribution in [1.29, 1.82) is 0 Å². The van der Waals surface area contributed by atoms with Crippen LogP contribution in [0.5, 0.6) is 5.75 Å². The van der Waals surface area contributed by atoms with Crippen LogP contribution in [0.1, 0.15) is 12.0 Å². The Balaban J connectivity index is 1.99. The number of aryl methyl sites for hydroxylation is 1. The quantitative estimate of drug-likeness (QED) is 0.225. The Morgan fingerprint density at radius 2 is 1.66 bits per heavy atom. The smallest absolute Gasteiger partial charge is 0.362 e. The lowest BCUT2D eigenvalue weighted by atomic mass is 9.97. The Kier molecular flexibility index (Phi) is 9.25. The zero-order chi connectivity index (χ0) is 24.4. The second-order valence-corrected chi connectivity index (χ2v) is 13.4. The van der Waals surface area contributed by atoms with Crippen molar-refractivity contribution < 1.29 is 63.2 Å². The molecule has 0 aliphatic carbocycles. The lowest BCUT2D eigenvalue weighted by Gasteiger charge is -2.21. The van der Waals surface area contributed by atoms with Crippen LogP contribution in [0.15, 0.2) is 24.3 Å². The molecule has 1 fully saturated rings. The van der Waals surface area contributed by atoms with Gasteiger partial charge in [0.25, 0.3) is 0 Å². The predicted octanol–water partition coefficient (Wildman–Crippen LogP) is 1.35. The molecule has 1 aliphatic rings. The topological polar surface area (TPSA) is 212 Å². The van der Waals surface area contributed by atoms with Crippen molar-refractivity contribution in [3.8, 4) is 5.75 Å². The van der Waals surface area contributed by atoms with Gasteiger partial charge in [0.1, 0.15) is 5.75 Å². The van der Waals surface area contributed by atoms with Gasteiger partial charge in [0.2, 0.25) is 0 Å². The summed E-state index contributed by atoms with van der Waals surface area (Å²) in [7, 11) is -15.4. The summed E-state index contributed by atoms with van der Waals surface area (Å²) in [5, 5.41) is -1.62. The van der Waals surface area contributed by atoms with Gasteiger partial charge in [0.15, 0.2) is 0 Å². The van der Waals surface area contributed by atoms with Gasteiger partial charge in [-0.1, -0.05) is 17.7 Å². The van der Waals surface area contributed by atoms with Crippen LogP contribution in [0, 0.1) is 6.92 Å². The number of phosphoric acid groups is 3. The van der Waals surface area contributed by atoms with Gasteiger partial charge in [-0.3, -0.25) is 4.52 Å². The highest BCUT2D eigenvalue weighted by Gasteiger charge is 2.43. The average Bonchev–Trinajstić information content (AvgIpc) is 2.90. The molecule has 4 N–H and O–H groups in total. The molecule has 5 atom stereocenters. The highest BCUT2D eigenvalue weighted by Crippen LogP contribution is 2.66. The molecule has 20 heteroatoms. The number of phosphoric ester groups is 1. The Hall–Kier alpha value is -0.245. The lowest BCUT2D eigenvalue weighted by Crippen LogP contribution is -2.30. The van der Waals surface area contributed by atoms with Crippen molar-refractivity contribution in [3.63, 3.8) is 0 Å². The predicted molar refractivity (Wildman–Crippen MR) is 111 cm³/mol. The Labute approximate surface area is 188 Å². The van der Waals surface area contributed by atoms with E-state index in [1.54, 1.807) is 19.1 Å². The van der Waals surface area contributed by atoms with E-state index >= 15 is 0 Å². The third-order valence-electron chi connectivity index (χ3n) is 3.51. The molecule has 1 heterocycles. The summed E-state index contributed by atoms with van der Waals surface area (Å²) in [6.45, 7) is 1.03. The molecule has 1 aromatic carbocycles. The minimum absolute atomic E-state index is 0.0182. The molecular weight excluding hydrogens is 536 g/mol. The van der Waals surface area contributed by atoms with E-state index < -0.39 is 57.0 Å². The van der Waals surface area contributed by atoms with Crippen LogP contribution in [0.2, 0.25) is 0 Å². The molecule has 2 rings (SSSR count). The third kappa shape index (κ3) is 9.94. The minimum atomic E-state index is -5.68. The van der Waals surface area contributed by atoms with Crippen LogP contribution in [0.3, 0.4) is 0 Å². The standard InChI is InChI=1S/C12H18BO14P3S2/c1-8-2-4-9(5-3-8)24-32(21,22)25-10-6-12(13)31-11(10)7-23-29(17,18)27-30(19,20)26-28(14,15)16/h2-5,10-12H,6-7H2,1H3,(H,17,18)(H,19,20)(H2,14,15,16). The Morgan fingerprint density at radius 3 is 2.22 bits per heavy atom. The largest absolute Gasteiger partial charge is 0.490 e. The molecule has 32 heavy (non-hydrogen) atoms. The number of hydrogen-bond acceptors (Lipinski definition) is 11. The van der Waals surface area contributed by atoms with Crippen molar-refractivity contribution in [1.82, 2.24) is 0 Å². The van der Waals surface area contributed by atoms with Gasteiger partial charge in [-0.05, 0) is 30.6 Å². The second kappa shape index (κ2) is 10.6. The van der Waals surface area contributed by atoms with E-state index in [9.17, 15) is 27.0 Å². The van der Waals surface area contributed by atoms with Crippen molar-refractivity contribution in [2.75, 3.05) is 6.61 Å². The monoisotopic (exact) mass is 554 g/mol. The van der Waals surface area contributed by atoms with Gasteiger partial charge in [-0.25, -0.2) is 17.9 Å². The first kappa shape index (κ1) is 28.0. The van der Waals surface area contributed by atoms with Gasteiger partial charge in [-0.15, -0.1) is 0 Å². The molecule has 2 radical (unpaired) electrons. The maximum atomic E-state index is 12.2. The van der Waals surface area contributed by atoms with Crippen LogP contribution in [-0.2, 0) is 41.4 Å². The maximum absolute atomic E-state index is 12.2. The zero-order valence-corrected chi connectivity index (χ0v) is 20.4. The van der Waals surface area contributed by atoms with Crippen LogP contribution in [0.25, 0.3) is 0 Å².